The molecule has 2 atom stereocenters. The van der Waals surface area contributed by atoms with E-state index in [2.05, 4.69) is 20.2 Å². The first-order valence-electron chi connectivity index (χ1n) is 6.92. The Morgan fingerprint density at radius 1 is 1.35 bits per heavy atom. The molecule has 8 heteroatoms. The Labute approximate surface area is 116 Å². The first-order valence-corrected chi connectivity index (χ1v) is 6.92. The number of rotatable bonds is 3. The van der Waals surface area contributed by atoms with E-state index < -0.39 is 4.92 Å². The zero-order chi connectivity index (χ0) is 14.1. The Morgan fingerprint density at radius 2 is 2.20 bits per heavy atom. The maximum atomic E-state index is 11.1. The molecule has 0 spiro atoms. The van der Waals surface area contributed by atoms with Crippen LogP contribution in [-0.2, 0) is 0 Å². The number of anilines is 2. The molecule has 0 amide bonds. The maximum absolute atomic E-state index is 11.1. The van der Waals surface area contributed by atoms with Gasteiger partial charge in [0.2, 0.25) is 11.6 Å². The van der Waals surface area contributed by atoms with Crippen LogP contribution < -0.4 is 11.1 Å². The average molecular weight is 278 g/mol. The third-order valence-electron chi connectivity index (χ3n) is 4.21. The topological polar surface area (TPSA) is 110 Å². The second-order valence-electron chi connectivity index (χ2n) is 5.35. The summed E-state index contributed by atoms with van der Waals surface area (Å²) >= 11 is 0. The minimum Gasteiger partial charge on any atom is -0.378 e. The van der Waals surface area contributed by atoms with Gasteiger partial charge >= 0.3 is 5.69 Å². The Hall–Kier alpha value is -1.96. The van der Waals surface area contributed by atoms with Crippen LogP contribution in [0.1, 0.15) is 25.7 Å². The first-order chi connectivity index (χ1) is 9.66. The lowest BCUT2D eigenvalue weighted by molar-refractivity contribution is -0.383. The average Bonchev–Trinajstić information content (AvgIpc) is 2.82. The minimum absolute atomic E-state index is 0.0917. The van der Waals surface area contributed by atoms with Crippen LogP contribution in [-0.4, -0.2) is 45.0 Å². The van der Waals surface area contributed by atoms with Gasteiger partial charge in [-0.3, -0.25) is 15.0 Å². The van der Waals surface area contributed by atoms with Gasteiger partial charge in [-0.05, 0) is 25.8 Å². The number of nitrogen functional groups attached to an aromatic ring is 1. The summed E-state index contributed by atoms with van der Waals surface area (Å²) in [6, 6.07) is 0.642. The molecule has 0 radical (unpaired) electrons. The molecular formula is C12H18N6O2. The molecule has 2 fully saturated rings. The third-order valence-corrected chi connectivity index (χ3v) is 4.21. The lowest BCUT2D eigenvalue weighted by atomic mass is 9.99. The van der Waals surface area contributed by atoms with Crippen molar-refractivity contribution in [1.82, 2.24) is 14.9 Å². The van der Waals surface area contributed by atoms with Crippen molar-refractivity contribution in [3.8, 4) is 0 Å². The number of nitrogens with zero attached hydrogens (tertiary/aromatic N) is 4. The van der Waals surface area contributed by atoms with Crippen molar-refractivity contribution < 1.29 is 4.92 Å². The van der Waals surface area contributed by atoms with E-state index >= 15 is 0 Å². The Morgan fingerprint density at radius 3 is 3.00 bits per heavy atom. The number of hydrogen-bond acceptors (Lipinski definition) is 7. The molecule has 0 aliphatic carbocycles. The lowest BCUT2D eigenvalue weighted by Gasteiger charge is -2.32. The summed E-state index contributed by atoms with van der Waals surface area (Å²) in [5, 5.41) is 14.3. The van der Waals surface area contributed by atoms with Gasteiger partial charge in [0.05, 0.1) is 4.92 Å². The van der Waals surface area contributed by atoms with Crippen LogP contribution in [0.4, 0.5) is 17.3 Å². The van der Waals surface area contributed by atoms with Crippen molar-refractivity contribution >= 4 is 17.3 Å². The summed E-state index contributed by atoms with van der Waals surface area (Å²) in [4.78, 5) is 20.7. The molecule has 2 aliphatic rings. The third kappa shape index (κ3) is 2.26. The molecule has 3 N–H and O–H groups in total. The van der Waals surface area contributed by atoms with Crippen molar-refractivity contribution in [1.29, 1.82) is 0 Å². The van der Waals surface area contributed by atoms with E-state index in [0.29, 0.717) is 6.04 Å². The summed E-state index contributed by atoms with van der Waals surface area (Å²) < 4.78 is 0. The summed E-state index contributed by atoms with van der Waals surface area (Å²) in [6.45, 7) is 2.16. The smallest absolute Gasteiger partial charge is 0.352 e. The van der Waals surface area contributed by atoms with Crippen LogP contribution in [0.3, 0.4) is 0 Å². The molecular weight excluding hydrogens is 260 g/mol. The Kier molecular flexibility index (Phi) is 3.39. The van der Waals surface area contributed by atoms with E-state index in [1.807, 2.05) is 0 Å². The Bertz CT molecular complexity index is 523. The zero-order valence-electron chi connectivity index (χ0n) is 11.2. The summed E-state index contributed by atoms with van der Waals surface area (Å²) in [6.07, 6.45) is 5.83. The first kappa shape index (κ1) is 13.0. The van der Waals surface area contributed by atoms with Gasteiger partial charge in [-0.25, -0.2) is 9.97 Å². The minimum atomic E-state index is -0.523. The van der Waals surface area contributed by atoms with Gasteiger partial charge in [0.25, 0.3) is 0 Å². The fourth-order valence-corrected chi connectivity index (χ4v) is 3.27. The van der Waals surface area contributed by atoms with Crippen LogP contribution in [0.25, 0.3) is 0 Å². The molecule has 2 aliphatic heterocycles. The van der Waals surface area contributed by atoms with Crippen LogP contribution in [0.5, 0.6) is 0 Å². The van der Waals surface area contributed by atoms with E-state index in [-0.39, 0.29) is 23.4 Å². The quantitative estimate of drug-likeness (QED) is 0.627. The van der Waals surface area contributed by atoms with Crippen LogP contribution in [0, 0.1) is 10.1 Å². The second kappa shape index (κ2) is 5.20. The van der Waals surface area contributed by atoms with Crippen molar-refractivity contribution in [3.05, 3.63) is 16.4 Å². The van der Waals surface area contributed by atoms with E-state index in [0.717, 1.165) is 25.9 Å². The second-order valence-corrected chi connectivity index (χ2v) is 5.35. The van der Waals surface area contributed by atoms with Crippen LogP contribution in [0.15, 0.2) is 6.33 Å². The highest BCUT2D eigenvalue weighted by Gasteiger charge is 2.36. The van der Waals surface area contributed by atoms with Gasteiger partial charge < -0.3 is 11.1 Å². The molecule has 8 nitrogen and oxygen atoms in total. The zero-order valence-corrected chi connectivity index (χ0v) is 11.2. The normalized spacial score (nSPS) is 26.2. The molecule has 0 aromatic carbocycles. The summed E-state index contributed by atoms with van der Waals surface area (Å²) in [5.74, 6) is 0.144. The molecule has 2 unspecified atom stereocenters. The standard InChI is InChI=1S/C12H18N6O2/c13-11-10(18(19)20)12(15-7-14-11)16-8-4-6-17-5-2-1-3-9(8)17/h7-9H,1-6H2,(H3,13,14,15,16). The van der Waals surface area contributed by atoms with Crippen molar-refractivity contribution in [3.63, 3.8) is 0 Å². The monoisotopic (exact) mass is 278 g/mol. The molecule has 20 heavy (non-hydrogen) atoms. The number of fused-ring (bicyclic) bond motifs is 1. The lowest BCUT2D eigenvalue weighted by Crippen LogP contribution is -2.41. The fourth-order valence-electron chi connectivity index (χ4n) is 3.27. The van der Waals surface area contributed by atoms with E-state index in [4.69, 9.17) is 5.73 Å². The molecule has 2 saturated heterocycles. The number of nitrogens with two attached hydrogens (primary N) is 1. The number of nitrogens with one attached hydrogen (secondary N) is 1. The van der Waals surface area contributed by atoms with Gasteiger partial charge in [-0.1, -0.05) is 6.42 Å². The predicted octanol–water partition coefficient (Wildman–Crippen LogP) is 1.01. The van der Waals surface area contributed by atoms with Gasteiger partial charge in [-0.2, -0.15) is 0 Å². The molecule has 1 aromatic heterocycles. The molecule has 3 heterocycles. The highest BCUT2D eigenvalue weighted by Crippen LogP contribution is 2.32. The summed E-state index contributed by atoms with van der Waals surface area (Å²) in [5.41, 5.74) is 5.36. The molecule has 1 aromatic rings. The van der Waals surface area contributed by atoms with Crippen LogP contribution in [0.2, 0.25) is 0 Å². The van der Waals surface area contributed by atoms with E-state index in [1.165, 1.54) is 19.2 Å². The highest BCUT2D eigenvalue weighted by atomic mass is 16.6. The molecule has 3 rings (SSSR count). The highest BCUT2D eigenvalue weighted by molar-refractivity contribution is 5.67. The molecule has 0 bridgehead atoms. The van der Waals surface area contributed by atoms with Gasteiger partial charge in [0, 0.05) is 18.6 Å². The predicted molar refractivity (Wildman–Crippen MR) is 74.3 cm³/mol. The van der Waals surface area contributed by atoms with Crippen molar-refractivity contribution in [2.45, 2.75) is 37.8 Å². The number of nitro groups is 1. The van der Waals surface area contributed by atoms with Gasteiger partial charge in [0.1, 0.15) is 6.33 Å². The Balaban J connectivity index is 1.81. The number of hydrogen-bond donors (Lipinski definition) is 2. The molecule has 0 saturated carbocycles. The number of piperidine rings is 1. The van der Waals surface area contributed by atoms with Crippen molar-refractivity contribution in [2.75, 3.05) is 24.1 Å². The van der Waals surface area contributed by atoms with Crippen molar-refractivity contribution in [2.24, 2.45) is 0 Å². The van der Waals surface area contributed by atoms with Gasteiger partial charge in [0.15, 0.2) is 0 Å². The SMILES string of the molecule is Nc1ncnc(NC2CCN3CCCCC23)c1[N+](=O)[O-]. The van der Waals surface area contributed by atoms with Crippen LogP contribution >= 0.6 is 0 Å². The van der Waals surface area contributed by atoms with E-state index in [1.54, 1.807) is 0 Å². The largest absolute Gasteiger partial charge is 0.378 e. The number of aromatic nitrogens is 2. The maximum Gasteiger partial charge on any atom is 0.352 e. The van der Waals surface area contributed by atoms with Gasteiger partial charge in [-0.15, -0.1) is 0 Å². The fraction of sp³-hybridized carbons (Fsp3) is 0.667. The molecule has 108 valence electrons. The summed E-state index contributed by atoms with van der Waals surface area (Å²) in [7, 11) is 0. The van der Waals surface area contributed by atoms with E-state index in [9.17, 15) is 10.1 Å².